The molecule has 29 heavy (non-hydrogen) atoms. The standard InChI is InChI=1S/C23H26N4O.ClH/c1-16-7-9-19(10-8-16)22-20(23(28)25-13-21(24)18-11-12-18)15-27(26-22)14-17-5-3-2-4-6-17;/h2-10,15,18,21H,11-14,24H2,1H3,(H,25,28);1H. The molecular weight excluding hydrogens is 384 g/mol. The molecule has 152 valence electrons. The van der Waals surface area contributed by atoms with Crippen LogP contribution in [0.1, 0.15) is 34.3 Å². The van der Waals surface area contributed by atoms with Gasteiger partial charge in [0.1, 0.15) is 5.69 Å². The van der Waals surface area contributed by atoms with Gasteiger partial charge in [-0.2, -0.15) is 5.10 Å². The molecule has 1 heterocycles. The van der Waals surface area contributed by atoms with Gasteiger partial charge in [0.15, 0.2) is 0 Å². The lowest BCUT2D eigenvalue weighted by Gasteiger charge is -2.11. The molecule has 4 rings (SSSR count). The summed E-state index contributed by atoms with van der Waals surface area (Å²) in [6, 6.07) is 18.3. The summed E-state index contributed by atoms with van der Waals surface area (Å²) < 4.78 is 1.83. The number of benzene rings is 2. The van der Waals surface area contributed by atoms with Crippen molar-refractivity contribution in [1.29, 1.82) is 0 Å². The molecule has 0 bridgehead atoms. The number of carbonyl (C=O) groups excluding carboxylic acids is 1. The van der Waals surface area contributed by atoms with Gasteiger partial charge < -0.3 is 11.1 Å². The average molecular weight is 411 g/mol. The fourth-order valence-electron chi connectivity index (χ4n) is 3.36. The second-order valence-corrected chi connectivity index (χ2v) is 7.65. The van der Waals surface area contributed by atoms with Crippen LogP contribution in [0.3, 0.4) is 0 Å². The van der Waals surface area contributed by atoms with E-state index < -0.39 is 0 Å². The summed E-state index contributed by atoms with van der Waals surface area (Å²) in [5, 5.41) is 7.73. The van der Waals surface area contributed by atoms with Gasteiger partial charge in [-0.3, -0.25) is 9.48 Å². The van der Waals surface area contributed by atoms with Crippen LogP contribution in [0.25, 0.3) is 11.3 Å². The molecule has 5 nitrogen and oxygen atoms in total. The summed E-state index contributed by atoms with van der Waals surface area (Å²) in [4.78, 5) is 12.9. The normalized spacial score (nSPS) is 14.1. The highest BCUT2D eigenvalue weighted by Crippen LogP contribution is 2.31. The van der Waals surface area contributed by atoms with Gasteiger partial charge in [0.25, 0.3) is 5.91 Å². The molecule has 3 aromatic rings. The van der Waals surface area contributed by atoms with Crippen molar-refractivity contribution >= 4 is 18.3 Å². The molecule has 2 aromatic carbocycles. The zero-order chi connectivity index (χ0) is 19.5. The summed E-state index contributed by atoms with van der Waals surface area (Å²) >= 11 is 0. The molecule has 0 aliphatic heterocycles. The number of halogens is 1. The smallest absolute Gasteiger partial charge is 0.255 e. The minimum absolute atomic E-state index is 0. The van der Waals surface area contributed by atoms with Crippen LogP contribution in [0.5, 0.6) is 0 Å². The Labute approximate surface area is 177 Å². The SMILES string of the molecule is Cc1ccc(-c2nn(Cc3ccccc3)cc2C(=O)NCC(N)C2CC2)cc1.Cl. The number of nitrogens with two attached hydrogens (primary N) is 1. The molecule has 0 radical (unpaired) electrons. The van der Waals surface area contributed by atoms with Gasteiger partial charge in [-0.05, 0) is 31.2 Å². The topological polar surface area (TPSA) is 72.9 Å². The predicted molar refractivity (Wildman–Crippen MR) is 118 cm³/mol. The summed E-state index contributed by atoms with van der Waals surface area (Å²) in [5.74, 6) is 0.434. The number of hydrogen-bond donors (Lipinski definition) is 2. The van der Waals surface area contributed by atoms with Gasteiger partial charge in [-0.15, -0.1) is 12.4 Å². The lowest BCUT2D eigenvalue weighted by atomic mass is 10.1. The van der Waals surface area contributed by atoms with Crippen molar-refractivity contribution < 1.29 is 4.79 Å². The van der Waals surface area contributed by atoms with Crippen LogP contribution in [0.15, 0.2) is 60.8 Å². The molecule has 1 aliphatic carbocycles. The minimum atomic E-state index is -0.119. The van der Waals surface area contributed by atoms with E-state index in [1.54, 1.807) is 0 Å². The summed E-state index contributed by atoms with van der Waals surface area (Å²) in [7, 11) is 0. The fourth-order valence-corrected chi connectivity index (χ4v) is 3.36. The van der Waals surface area contributed by atoms with Crippen LogP contribution in [0.2, 0.25) is 0 Å². The monoisotopic (exact) mass is 410 g/mol. The molecule has 6 heteroatoms. The Kier molecular flexibility index (Phi) is 6.72. The molecule has 0 saturated heterocycles. The number of nitrogens with zero attached hydrogens (tertiary/aromatic N) is 2. The summed E-state index contributed by atoms with van der Waals surface area (Å²) in [5.41, 5.74) is 10.7. The van der Waals surface area contributed by atoms with Crippen LogP contribution in [0, 0.1) is 12.8 Å². The first-order valence-electron chi connectivity index (χ1n) is 9.82. The first-order valence-corrected chi connectivity index (χ1v) is 9.82. The third-order valence-corrected chi connectivity index (χ3v) is 5.24. The highest BCUT2D eigenvalue weighted by molar-refractivity contribution is 5.99. The molecule has 1 unspecified atom stereocenters. The number of carbonyl (C=O) groups is 1. The van der Waals surface area contributed by atoms with Crippen molar-refractivity contribution in [2.75, 3.05) is 6.54 Å². The van der Waals surface area contributed by atoms with Gasteiger partial charge >= 0.3 is 0 Å². The molecular formula is C23H27ClN4O. The number of rotatable bonds is 7. The van der Waals surface area contributed by atoms with Crippen molar-refractivity contribution in [1.82, 2.24) is 15.1 Å². The lowest BCUT2D eigenvalue weighted by molar-refractivity contribution is 0.0951. The Bertz CT molecular complexity index is 949. The van der Waals surface area contributed by atoms with Gasteiger partial charge in [0.05, 0.1) is 12.1 Å². The maximum absolute atomic E-state index is 12.9. The van der Waals surface area contributed by atoms with Gasteiger partial charge in [-0.25, -0.2) is 0 Å². The third-order valence-electron chi connectivity index (χ3n) is 5.24. The van der Waals surface area contributed by atoms with Gasteiger partial charge in [0.2, 0.25) is 0 Å². The van der Waals surface area contributed by atoms with E-state index in [4.69, 9.17) is 10.8 Å². The van der Waals surface area contributed by atoms with Crippen molar-refractivity contribution in [3.63, 3.8) is 0 Å². The largest absolute Gasteiger partial charge is 0.350 e. The molecule has 1 aromatic heterocycles. The fraction of sp³-hybridized carbons (Fsp3) is 0.304. The highest BCUT2D eigenvalue weighted by Gasteiger charge is 2.29. The maximum Gasteiger partial charge on any atom is 0.255 e. The van der Waals surface area contributed by atoms with Crippen LogP contribution < -0.4 is 11.1 Å². The summed E-state index contributed by atoms with van der Waals surface area (Å²) in [6.45, 7) is 3.17. The van der Waals surface area contributed by atoms with Crippen LogP contribution in [-0.4, -0.2) is 28.3 Å². The molecule has 0 spiro atoms. The van der Waals surface area contributed by atoms with Crippen molar-refractivity contribution in [2.24, 2.45) is 11.7 Å². The molecule has 1 aliphatic rings. The number of nitrogens with one attached hydrogen (secondary N) is 1. The molecule has 1 fully saturated rings. The molecule has 1 saturated carbocycles. The predicted octanol–water partition coefficient (Wildman–Crippen LogP) is 3.80. The molecule has 1 atom stereocenters. The van der Waals surface area contributed by atoms with E-state index in [0.29, 0.717) is 30.3 Å². The van der Waals surface area contributed by atoms with E-state index >= 15 is 0 Å². The van der Waals surface area contributed by atoms with Crippen molar-refractivity contribution in [3.8, 4) is 11.3 Å². The molecule has 3 N–H and O–H groups in total. The van der Waals surface area contributed by atoms with E-state index in [-0.39, 0.29) is 24.4 Å². The van der Waals surface area contributed by atoms with Crippen molar-refractivity contribution in [2.45, 2.75) is 32.4 Å². The quantitative estimate of drug-likeness (QED) is 0.622. The number of aromatic nitrogens is 2. The van der Waals surface area contributed by atoms with E-state index in [1.165, 1.54) is 18.4 Å². The van der Waals surface area contributed by atoms with Crippen molar-refractivity contribution in [3.05, 3.63) is 77.5 Å². The first-order chi connectivity index (χ1) is 13.6. The van der Waals surface area contributed by atoms with Gasteiger partial charge in [0, 0.05) is 24.3 Å². The Morgan fingerprint density at radius 3 is 2.52 bits per heavy atom. The second kappa shape index (κ2) is 9.25. The third kappa shape index (κ3) is 5.25. The van der Waals surface area contributed by atoms with Crippen LogP contribution >= 0.6 is 12.4 Å². The Morgan fingerprint density at radius 2 is 1.86 bits per heavy atom. The van der Waals surface area contributed by atoms with Gasteiger partial charge in [-0.1, -0.05) is 60.2 Å². The highest BCUT2D eigenvalue weighted by atomic mass is 35.5. The number of hydrogen-bond acceptors (Lipinski definition) is 3. The number of amides is 1. The first kappa shape index (κ1) is 21.1. The van der Waals surface area contributed by atoms with Crippen LogP contribution in [0.4, 0.5) is 0 Å². The van der Waals surface area contributed by atoms with E-state index in [9.17, 15) is 4.79 Å². The lowest BCUT2D eigenvalue weighted by Crippen LogP contribution is -2.38. The van der Waals surface area contributed by atoms with E-state index in [0.717, 1.165) is 11.1 Å². The zero-order valence-electron chi connectivity index (χ0n) is 16.5. The van der Waals surface area contributed by atoms with E-state index in [2.05, 4.69) is 17.4 Å². The maximum atomic E-state index is 12.9. The Balaban J connectivity index is 0.00000240. The van der Waals surface area contributed by atoms with E-state index in [1.807, 2.05) is 60.3 Å². The minimum Gasteiger partial charge on any atom is -0.350 e. The second-order valence-electron chi connectivity index (χ2n) is 7.65. The Morgan fingerprint density at radius 1 is 1.17 bits per heavy atom. The van der Waals surface area contributed by atoms with Crippen LogP contribution in [-0.2, 0) is 6.54 Å². The number of aryl methyl sites for hydroxylation is 1. The average Bonchev–Trinajstić information content (AvgIpc) is 3.48. The Hall–Kier alpha value is -2.63. The summed E-state index contributed by atoms with van der Waals surface area (Å²) in [6.07, 6.45) is 4.17. The molecule has 1 amide bonds. The zero-order valence-corrected chi connectivity index (χ0v) is 17.4.